The van der Waals surface area contributed by atoms with Crippen molar-refractivity contribution < 1.29 is 97.4 Å². The summed E-state index contributed by atoms with van der Waals surface area (Å²) in [6.07, 6.45) is 5.31. The molecule has 0 aliphatic carbocycles. The summed E-state index contributed by atoms with van der Waals surface area (Å²) in [6.45, 7) is 9.70. The number of benzene rings is 2. The highest BCUT2D eigenvalue weighted by Gasteiger charge is 2.43. The molecule has 106 heavy (non-hydrogen) atoms. The van der Waals surface area contributed by atoms with Crippen molar-refractivity contribution in [2.75, 3.05) is 13.1 Å². The predicted molar refractivity (Wildman–Crippen MR) is 388 cm³/mol. The van der Waals surface area contributed by atoms with Gasteiger partial charge in [-0.2, -0.15) is 0 Å². The number of aliphatic carboxylic acids is 2. The highest BCUT2D eigenvalue weighted by atomic mass is 16.5. The van der Waals surface area contributed by atoms with E-state index >= 15 is 0 Å². The fourth-order valence-corrected chi connectivity index (χ4v) is 12.4. The van der Waals surface area contributed by atoms with Crippen LogP contribution in [0.1, 0.15) is 207 Å². The van der Waals surface area contributed by atoms with Crippen LogP contribution in [0.15, 0.2) is 48.5 Å². The lowest BCUT2D eigenvalue weighted by atomic mass is 9.97. The molecule has 3 aliphatic heterocycles. The number of amides is 11. The van der Waals surface area contributed by atoms with E-state index in [1.165, 1.54) is 80.6 Å². The number of aromatic hydroxyl groups is 1. The molecule has 18 N–H and O–H groups in total. The fraction of sp³-hybridized carbons (Fsp3) is 0.649. The molecule has 590 valence electrons. The van der Waals surface area contributed by atoms with E-state index in [2.05, 4.69) is 54.8 Å². The molecule has 2 bridgehead atoms. The number of hydrogen-bond donors (Lipinski definition) is 16. The van der Waals surface area contributed by atoms with Crippen LogP contribution in [0, 0.1) is 11.8 Å². The Bertz CT molecular complexity index is 3250. The number of esters is 1. The van der Waals surface area contributed by atoms with Gasteiger partial charge in [-0.25, -0.2) is 4.79 Å². The number of carbonyl (C=O) groups is 14. The number of nitrogens with zero attached hydrogens (tertiary/aromatic N) is 1. The van der Waals surface area contributed by atoms with Crippen molar-refractivity contribution in [3.8, 4) is 11.5 Å². The number of primary amides is 1. The maximum atomic E-state index is 14.9. The van der Waals surface area contributed by atoms with Crippen LogP contribution in [0.4, 0.5) is 0 Å². The molecule has 5 rings (SSSR count). The molecule has 0 saturated carbocycles. The third-order valence-electron chi connectivity index (χ3n) is 18.9. The first-order valence-electron chi connectivity index (χ1n) is 37.3. The third-order valence-corrected chi connectivity index (χ3v) is 18.9. The van der Waals surface area contributed by atoms with Crippen LogP contribution in [0.5, 0.6) is 11.5 Å². The summed E-state index contributed by atoms with van der Waals surface area (Å²) >= 11 is 0. The number of carboxylic acids is 2. The van der Waals surface area contributed by atoms with E-state index in [4.69, 9.17) is 16.2 Å². The van der Waals surface area contributed by atoms with Crippen LogP contribution in [-0.4, -0.2) is 199 Å². The summed E-state index contributed by atoms with van der Waals surface area (Å²) in [4.78, 5) is 196. The second-order valence-electron chi connectivity index (χ2n) is 28.1. The van der Waals surface area contributed by atoms with Crippen LogP contribution in [0.2, 0.25) is 0 Å². The first kappa shape index (κ1) is 89.1. The summed E-state index contributed by atoms with van der Waals surface area (Å²) in [7, 11) is 0. The smallest absolute Gasteiger partial charge is 0.334 e. The Kier molecular flexibility index (Phi) is 39.2. The first-order valence-corrected chi connectivity index (χ1v) is 37.3. The Morgan fingerprint density at radius 3 is 1.72 bits per heavy atom. The van der Waals surface area contributed by atoms with E-state index in [9.17, 15) is 92.7 Å². The predicted octanol–water partition coefficient (Wildman–Crippen LogP) is 1.72. The molecule has 2 aromatic carbocycles. The molecule has 32 heteroatoms. The highest BCUT2D eigenvalue weighted by Crippen LogP contribution is 2.24. The topological polar surface area (TPSA) is 513 Å². The Morgan fingerprint density at radius 2 is 1.14 bits per heavy atom. The van der Waals surface area contributed by atoms with Gasteiger partial charge < -0.3 is 94.5 Å². The lowest BCUT2D eigenvalue weighted by Gasteiger charge is -2.32. The standard InChI is InChI=1S/C74H114N12O20/c1-7-9-10-11-12-13-14-15-16-17-18-21-49(89)42-59(91)77-52(33-36-60(92)93)66(97)78-51(22-19-38-75)65(96)81-56-41-47-26-30-50(31-27-47)106-74(105)63(44(5)8-2)84-69(100)55(40-46-24-28-48(88)29-25-46)82-67(98)53(32-35-58(76)90)79-71(102)57-23-20-39-86(57)73(104)62(43(3)4)83-68(99)54(34-37-61(94)95)80-72(103)64(45(6)87)85-70(56)101/h24-31,43-45,49,51-57,62-64,87-89H,7-23,32-42,75H2,1-6H3,(H2,76,90)(H,77,91)(H,78,97)(H,79,102)(H,80,103)(H,81,96)(H,82,98)(H,83,99)(H,84,100)(H,85,101)(H,92,93)(H,94,95)/t44-,45+,49-,51+,52+,53+,54+,55+,56-,57-,62-,63+,64+/m0/s1. The molecule has 32 nitrogen and oxygen atoms in total. The number of rotatable bonds is 37. The van der Waals surface area contributed by atoms with Crippen molar-refractivity contribution in [2.24, 2.45) is 23.3 Å². The van der Waals surface area contributed by atoms with Crippen molar-refractivity contribution in [3.05, 3.63) is 59.7 Å². The summed E-state index contributed by atoms with van der Waals surface area (Å²) < 4.78 is 5.83. The van der Waals surface area contributed by atoms with Gasteiger partial charge in [0.25, 0.3) is 0 Å². The Balaban J connectivity index is 1.78. The molecule has 3 heterocycles. The summed E-state index contributed by atoms with van der Waals surface area (Å²) in [5.74, 6) is -16.1. The number of aliphatic hydroxyl groups excluding tert-OH is 2. The number of hydrogen-bond acceptors (Lipinski definition) is 19. The fourth-order valence-electron chi connectivity index (χ4n) is 12.4. The van der Waals surface area contributed by atoms with Crippen molar-refractivity contribution in [1.29, 1.82) is 0 Å². The monoisotopic (exact) mass is 1490 g/mol. The zero-order valence-corrected chi connectivity index (χ0v) is 62.0. The van der Waals surface area contributed by atoms with Crippen LogP contribution in [0.25, 0.3) is 0 Å². The van der Waals surface area contributed by atoms with Gasteiger partial charge in [0, 0.05) is 38.6 Å². The number of carbonyl (C=O) groups excluding carboxylic acids is 12. The van der Waals surface area contributed by atoms with Gasteiger partial charge >= 0.3 is 17.9 Å². The number of nitrogens with two attached hydrogens (primary N) is 2. The molecule has 11 amide bonds. The maximum absolute atomic E-state index is 14.9. The van der Waals surface area contributed by atoms with Crippen molar-refractivity contribution >= 4 is 82.9 Å². The maximum Gasteiger partial charge on any atom is 0.334 e. The Hall–Kier alpha value is -9.30. The van der Waals surface area contributed by atoms with Gasteiger partial charge in [0.2, 0.25) is 65.0 Å². The van der Waals surface area contributed by atoms with E-state index in [0.29, 0.717) is 24.8 Å². The molecule has 0 aromatic heterocycles. The van der Waals surface area contributed by atoms with Crippen LogP contribution >= 0.6 is 0 Å². The molecule has 13 atom stereocenters. The average Bonchev–Trinajstić information content (AvgIpc) is 1.48. The number of phenols is 1. The summed E-state index contributed by atoms with van der Waals surface area (Å²) in [6, 6.07) is -4.87. The minimum atomic E-state index is -1.99. The second-order valence-corrected chi connectivity index (χ2v) is 28.1. The van der Waals surface area contributed by atoms with E-state index in [1.54, 1.807) is 27.7 Å². The van der Waals surface area contributed by atoms with Gasteiger partial charge in [-0.3, -0.25) is 62.3 Å². The van der Waals surface area contributed by atoms with Gasteiger partial charge in [0.05, 0.1) is 18.6 Å². The average molecular weight is 1490 g/mol. The lowest BCUT2D eigenvalue weighted by molar-refractivity contribution is -0.144. The number of phenolic OH excluding ortho intramolecular Hbond substituents is 1. The molecule has 0 spiro atoms. The Morgan fingerprint density at radius 1 is 0.594 bits per heavy atom. The molecule has 1 saturated heterocycles. The quantitative estimate of drug-likeness (QED) is 0.0198. The van der Waals surface area contributed by atoms with E-state index < -0.39 is 219 Å². The highest BCUT2D eigenvalue weighted by molar-refractivity contribution is 6.00. The molecule has 0 unspecified atom stereocenters. The molecule has 1 fully saturated rings. The van der Waals surface area contributed by atoms with Crippen molar-refractivity contribution in [3.63, 3.8) is 0 Å². The van der Waals surface area contributed by atoms with E-state index in [-0.39, 0.29) is 62.3 Å². The van der Waals surface area contributed by atoms with Crippen LogP contribution in [-0.2, 0) is 80.0 Å². The van der Waals surface area contributed by atoms with Crippen molar-refractivity contribution in [2.45, 2.75) is 281 Å². The first-order chi connectivity index (χ1) is 50.3. The van der Waals surface area contributed by atoms with E-state index in [1.807, 2.05) is 0 Å². The minimum Gasteiger partial charge on any atom is -0.508 e. The number of carboxylic acid groups (broad SMARTS) is 2. The Labute approximate surface area is 619 Å². The summed E-state index contributed by atoms with van der Waals surface area (Å²) in [5, 5.41) is 74.6. The zero-order valence-electron chi connectivity index (χ0n) is 62.0. The third kappa shape index (κ3) is 31.4. The minimum absolute atomic E-state index is 0.0230. The van der Waals surface area contributed by atoms with Crippen LogP contribution in [0.3, 0.4) is 0 Å². The second kappa shape index (κ2) is 46.6. The molecule has 0 radical (unpaired) electrons. The van der Waals surface area contributed by atoms with E-state index in [0.717, 1.165) is 43.9 Å². The SMILES string of the molecule is CCCCCCCCCCCCC[C@H](O)CC(=O)N[C@H](CCC(=O)O)C(=O)N[C@H](CCCN)C(=O)N[C@H]1Cc2ccc(cc2)OC(=O)[C@@H]([C@@H](C)CC)NC(=O)[C@@H](Cc2ccc(O)cc2)NC(=O)[C@@H](CCC(N)=O)NC(=O)[C@@H]2CCCN2C(=O)[C@H](C(C)C)NC(=O)[C@@H](CCC(=O)O)NC(=O)[C@@H]([C@@H](C)O)NC1=O. The van der Waals surface area contributed by atoms with Gasteiger partial charge in [-0.1, -0.05) is 136 Å². The number of unbranched alkanes of at least 4 members (excludes halogenated alkanes) is 10. The summed E-state index contributed by atoms with van der Waals surface area (Å²) in [5.41, 5.74) is 12.1. The normalized spacial score (nSPS) is 21.8. The largest absolute Gasteiger partial charge is 0.508 e. The number of nitrogens with one attached hydrogen (secondary N) is 9. The van der Waals surface area contributed by atoms with Gasteiger partial charge in [-0.05, 0) is 112 Å². The number of fused-ring (bicyclic) bond motifs is 23. The number of ether oxygens (including phenoxy) is 1. The van der Waals surface area contributed by atoms with Crippen molar-refractivity contribution in [1.82, 2.24) is 52.8 Å². The lowest BCUT2D eigenvalue weighted by Crippen LogP contribution is -2.62. The number of aliphatic hydroxyl groups is 2. The van der Waals surface area contributed by atoms with Crippen LogP contribution < -0.4 is 64.1 Å². The molecular weight excluding hydrogens is 1380 g/mol. The molecular formula is C74H114N12O20. The molecule has 3 aliphatic rings. The zero-order chi connectivity index (χ0) is 78.6. The van der Waals surface area contributed by atoms with Gasteiger partial charge in [-0.15, -0.1) is 0 Å². The van der Waals surface area contributed by atoms with Gasteiger partial charge in [0.1, 0.15) is 71.9 Å². The van der Waals surface area contributed by atoms with Gasteiger partial charge in [0.15, 0.2) is 0 Å². The molecule has 2 aromatic rings.